The second-order valence-electron chi connectivity index (χ2n) is 5.17. The fourth-order valence-electron chi connectivity index (χ4n) is 2.20. The Morgan fingerprint density at radius 1 is 0.880 bits per heavy atom. The van der Waals surface area contributed by atoms with E-state index in [1.54, 1.807) is 48.7 Å². The highest BCUT2D eigenvalue weighted by Crippen LogP contribution is 2.17. The minimum Gasteiger partial charge on any atom is -0.273 e. The maximum absolute atomic E-state index is 12.2. The molecular formula is C18H15N3O3S. The van der Waals surface area contributed by atoms with Crippen molar-refractivity contribution in [2.75, 3.05) is 0 Å². The van der Waals surface area contributed by atoms with Crippen LogP contribution in [0.5, 0.6) is 0 Å². The first-order chi connectivity index (χ1) is 12.1. The van der Waals surface area contributed by atoms with E-state index >= 15 is 0 Å². The molecule has 0 aliphatic carbocycles. The summed E-state index contributed by atoms with van der Waals surface area (Å²) in [6, 6.07) is 20.1. The molecule has 3 aromatic rings. The molecule has 0 unspecified atom stereocenters. The van der Waals surface area contributed by atoms with E-state index in [9.17, 15) is 13.2 Å². The van der Waals surface area contributed by atoms with Crippen LogP contribution < -0.4 is 10.3 Å². The number of carbonyl (C=O) groups excluding carboxylic acids is 1. The Hall–Kier alpha value is -3.03. The van der Waals surface area contributed by atoms with E-state index in [0.717, 1.165) is 11.3 Å². The van der Waals surface area contributed by atoms with Gasteiger partial charge in [-0.15, -0.1) is 4.83 Å². The molecule has 0 aliphatic heterocycles. The van der Waals surface area contributed by atoms with Gasteiger partial charge in [-0.25, -0.2) is 8.42 Å². The van der Waals surface area contributed by atoms with E-state index in [4.69, 9.17) is 0 Å². The lowest BCUT2D eigenvalue weighted by Gasteiger charge is -2.09. The molecule has 0 atom stereocenters. The predicted octanol–water partition coefficient (Wildman–Crippen LogP) is 2.37. The summed E-state index contributed by atoms with van der Waals surface area (Å²) in [5.74, 6) is -0.558. The normalized spacial score (nSPS) is 11.0. The van der Waals surface area contributed by atoms with Gasteiger partial charge in [0.25, 0.3) is 15.9 Å². The van der Waals surface area contributed by atoms with Crippen LogP contribution in [0.15, 0.2) is 83.9 Å². The van der Waals surface area contributed by atoms with Crippen LogP contribution in [0.1, 0.15) is 10.4 Å². The maximum Gasteiger partial charge on any atom is 0.266 e. The summed E-state index contributed by atoms with van der Waals surface area (Å²) in [4.78, 5) is 18.6. The highest BCUT2D eigenvalue weighted by atomic mass is 32.2. The van der Waals surface area contributed by atoms with Gasteiger partial charge in [-0.05, 0) is 36.4 Å². The maximum atomic E-state index is 12.2. The van der Waals surface area contributed by atoms with E-state index in [-0.39, 0.29) is 4.90 Å². The predicted molar refractivity (Wildman–Crippen MR) is 93.9 cm³/mol. The second kappa shape index (κ2) is 7.25. The summed E-state index contributed by atoms with van der Waals surface area (Å²) in [6.45, 7) is 0. The topological polar surface area (TPSA) is 88.2 Å². The third-order valence-electron chi connectivity index (χ3n) is 3.44. The third kappa shape index (κ3) is 4.09. The Bertz CT molecular complexity index is 975. The molecule has 0 fully saturated rings. The average Bonchev–Trinajstić information content (AvgIpc) is 2.68. The molecule has 2 aromatic carbocycles. The van der Waals surface area contributed by atoms with Gasteiger partial charge >= 0.3 is 0 Å². The summed E-state index contributed by atoms with van der Waals surface area (Å²) in [6.07, 6.45) is 1.66. The molecule has 3 rings (SSSR count). The van der Waals surface area contributed by atoms with Crippen LogP contribution in [0.3, 0.4) is 0 Å². The van der Waals surface area contributed by atoms with Crippen molar-refractivity contribution in [1.82, 2.24) is 15.2 Å². The molecule has 126 valence electrons. The number of nitrogens with zero attached hydrogens (tertiary/aromatic N) is 1. The molecular weight excluding hydrogens is 338 g/mol. The summed E-state index contributed by atoms with van der Waals surface area (Å²) in [5.41, 5.74) is 4.02. The zero-order valence-electron chi connectivity index (χ0n) is 13.1. The first-order valence-electron chi connectivity index (χ1n) is 7.45. The number of rotatable bonds is 5. The minimum atomic E-state index is -3.82. The van der Waals surface area contributed by atoms with Crippen LogP contribution in [0.2, 0.25) is 0 Å². The van der Waals surface area contributed by atoms with Crippen LogP contribution in [0.25, 0.3) is 11.3 Å². The van der Waals surface area contributed by atoms with Crippen molar-refractivity contribution in [2.45, 2.75) is 4.90 Å². The number of amides is 1. The number of benzene rings is 2. The fourth-order valence-corrected chi connectivity index (χ4v) is 3.06. The minimum absolute atomic E-state index is 0.0672. The molecule has 0 bridgehead atoms. The van der Waals surface area contributed by atoms with Crippen molar-refractivity contribution in [3.63, 3.8) is 0 Å². The molecule has 0 radical (unpaired) electrons. The van der Waals surface area contributed by atoms with Gasteiger partial charge in [0.2, 0.25) is 0 Å². The highest BCUT2D eigenvalue weighted by molar-refractivity contribution is 7.89. The van der Waals surface area contributed by atoms with Crippen molar-refractivity contribution in [3.8, 4) is 11.3 Å². The molecule has 7 heteroatoms. The monoisotopic (exact) mass is 353 g/mol. The molecule has 0 saturated carbocycles. The Kier molecular flexibility index (Phi) is 4.87. The Morgan fingerprint density at radius 3 is 2.36 bits per heavy atom. The SMILES string of the molecule is O=C(NNS(=O)(=O)c1ccccc1)c1cccc(-c2ccccn2)c1. The Balaban J connectivity index is 1.74. The first kappa shape index (κ1) is 16.8. The summed E-state index contributed by atoms with van der Waals surface area (Å²) in [5, 5.41) is 0. The number of hydrogen-bond donors (Lipinski definition) is 2. The molecule has 1 amide bonds. The molecule has 1 heterocycles. The molecule has 0 aliphatic rings. The number of hydrogen-bond acceptors (Lipinski definition) is 4. The van der Waals surface area contributed by atoms with Crippen LogP contribution in [-0.4, -0.2) is 19.3 Å². The quantitative estimate of drug-likeness (QED) is 0.689. The summed E-state index contributed by atoms with van der Waals surface area (Å²) in [7, 11) is -3.82. The molecule has 0 saturated heterocycles. The number of carbonyl (C=O) groups is 1. The van der Waals surface area contributed by atoms with Crippen molar-refractivity contribution in [2.24, 2.45) is 0 Å². The second-order valence-corrected chi connectivity index (χ2v) is 6.85. The third-order valence-corrected chi connectivity index (χ3v) is 4.70. The van der Waals surface area contributed by atoms with E-state index in [1.165, 1.54) is 12.1 Å². The van der Waals surface area contributed by atoms with Crippen LogP contribution in [0.4, 0.5) is 0 Å². The standard InChI is InChI=1S/C18H15N3O3S/c22-18(20-21-25(23,24)16-9-2-1-3-10-16)15-8-6-7-14(13-15)17-11-4-5-12-19-17/h1-13,21H,(H,20,22). The molecule has 1 aromatic heterocycles. The van der Waals surface area contributed by atoms with Gasteiger partial charge in [0.05, 0.1) is 10.6 Å². The number of sulfonamides is 1. The van der Waals surface area contributed by atoms with Gasteiger partial charge in [-0.3, -0.25) is 15.2 Å². The van der Waals surface area contributed by atoms with Crippen LogP contribution >= 0.6 is 0 Å². The largest absolute Gasteiger partial charge is 0.273 e. The zero-order valence-corrected chi connectivity index (χ0v) is 13.9. The van der Waals surface area contributed by atoms with E-state index < -0.39 is 15.9 Å². The molecule has 0 spiro atoms. The molecule has 25 heavy (non-hydrogen) atoms. The highest BCUT2D eigenvalue weighted by Gasteiger charge is 2.15. The number of pyridine rings is 1. The van der Waals surface area contributed by atoms with Gasteiger partial charge < -0.3 is 0 Å². The van der Waals surface area contributed by atoms with E-state index in [1.807, 2.05) is 18.2 Å². The van der Waals surface area contributed by atoms with Gasteiger partial charge in [0.1, 0.15) is 0 Å². The van der Waals surface area contributed by atoms with Crippen molar-refractivity contribution >= 4 is 15.9 Å². The van der Waals surface area contributed by atoms with Crippen LogP contribution in [-0.2, 0) is 10.0 Å². The van der Waals surface area contributed by atoms with Crippen molar-refractivity contribution in [3.05, 3.63) is 84.6 Å². The molecule has 2 N–H and O–H groups in total. The average molecular weight is 353 g/mol. The lowest BCUT2D eigenvalue weighted by Crippen LogP contribution is -2.41. The number of aromatic nitrogens is 1. The molecule has 6 nitrogen and oxygen atoms in total. The lowest BCUT2D eigenvalue weighted by atomic mass is 10.1. The van der Waals surface area contributed by atoms with E-state index in [2.05, 4.69) is 15.2 Å². The number of nitrogens with one attached hydrogen (secondary N) is 2. The van der Waals surface area contributed by atoms with Crippen molar-refractivity contribution in [1.29, 1.82) is 0 Å². The van der Waals surface area contributed by atoms with Gasteiger partial charge in [0, 0.05) is 17.3 Å². The number of hydrazine groups is 1. The van der Waals surface area contributed by atoms with Crippen molar-refractivity contribution < 1.29 is 13.2 Å². The fraction of sp³-hybridized carbons (Fsp3) is 0. The van der Waals surface area contributed by atoms with Gasteiger partial charge in [0.15, 0.2) is 0 Å². The van der Waals surface area contributed by atoms with Crippen LogP contribution in [0, 0.1) is 0 Å². The van der Waals surface area contributed by atoms with Gasteiger partial charge in [-0.2, -0.15) is 0 Å². The Morgan fingerprint density at radius 2 is 1.64 bits per heavy atom. The van der Waals surface area contributed by atoms with Gasteiger partial charge in [-0.1, -0.05) is 36.4 Å². The zero-order chi connectivity index (χ0) is 17.7. The first-order valence-corrected chi connectivity index (χ1v) is 8.93. The Labute approximate surface area is 145 Å². The summed E-state index contributed by atoms with van der Waals surface area (Å²) < 4.78 is 24.2. The lowest BCUT2D eigenvalue weighted by molar-refractivity contribution is 0.0945. The van der Waals surface area contributed by atoms with E-state index in [0.29, 0.717) is 5.56 Å². The summed E-state index contributed by atoms with van der Waals surface area (Å²) >= 11 is 0. The smallest absolute Gasteiger partial charge is 0.266 e.